The van der Waals surface area contributed by atoms with Gasteiger partial charge in [-0.3, -0.25) is 14.4 Å². The first-order valence-corrected chi connectivity index (χ1v) is 9.17. The molecule has 144 valence electrons. The molecule has 0 unspecified atom stereocenters. The number of esters is 1. The third-order valence-corrected chi connectivity index (χ3v) is 4.51. The fourth-order valence-corrected chi connectivity index (χ4v) is 2.91. The summed E-state index contributed by atoms with van der Waals surface area (Å²) in [4.78, 5) is 39.6. The molecule has 3 aromatic rings. The fraction of sp³-hybridized carbons (Fsp3) is 0.190. The van der Waals surface area contributed by atoms with E-state index in [0.29, 0.717) is 16.1 Å². The van der Waals surface area contributed by atoms with Crippen molar-refractivity contribution in [2.75, 3.05) is 6.54 Å². The number of aromatic amines is 1. The van der Waals surface area contributed by atoms with E-state index >= 15 is 0 Å². The van der Waals surface area contributed by atoms with Gasteiger partial charge in [-0.1, -0.05) is 29.8 Å². The third kappa shape index (κ3) is 4.58. The van der Waals surface area contributed by atoms with Crippen molar-refractivity contribution in [2.45, 2.75) is 19.4 Å². The molecule has 1 aromatic heterocycles. The molecule has 3 rings (SSSR count). The number of para-hydroxylation sites is 1. The van der Waals surface area contributed by atoms with E-state index in [-0.39, 0.29) is 24.7 Å². The quantitative estimate of drug-likeness (QED) is 0.468. The highest BCUT2D eigenvalue weighted by molar-refractivity contribution is 6.30. The van der Waals surface area contributed by atoms with Crippen molar-refractivity contribution in [2.24, 2.45) is 0 Å². The molecule has 0 bridgehead atoms. The lowest BCUT2D eigenvalue weighted by atomic mass is 10.1. The van der Waals surface area contributed by atoms with Crippen molar-refractivity contribution in [3.8, 4) is 0 Å². The molecule has 0 aliphatic carbocycles. The van der Waals surface area contributed by atoms with Crippen LogP contribution in [-0.2, 0) is 9.53 Å². The summed E-state index contributed by atoms with van der Waals surface area (Å²) in [6.45, 7) is 1.64. The Labute approximate surface area is 166 Å². The van der Waals surface area contributed by atoms with Crippen molar-refractivity contribution in [3.63, 3.8) is 0 Å². The average Bonchev–Trinajstić information content (AvgIpc) is 3.11. The van der Waals surface area contributed by atoms with Gasteiger partial charge in [0.1, 0.15) is 0 Å². The van der Waals surface area contributed by atoms with E-state index in [0.717, 1.165) is 10.9 Å². The van der Waals surface area contributed by atoms with Crippen LogP contribution in [0.3, 0.4) is 0 Å². The van der Waals surface area contributed by atoms with Crippen molar-refractivity contribution in [3.05, 3.63) is 70.9 Å². The Bertz CT molecular complexity index is 1010. The SMILES string of the molecule is C[C@H](OC(=O)CCNC(=O)c1ccc(Cl)cc1)C(=O)c1c[nH]c2ccccc12. The molecule has 2 N–H and O–H groups in total. The molecular weight excluding hydrogens is 380 g/mol. The first-order valence-electron chi connectivity index (χ1n) is 8.79. The number of hydrogen-bond donors (Lipinski definition) is 2. The molecule has 7 heteroatoms. The lowest BCUT2D eigenvalue weighted by molar-refractivity contribution is -0.146. The number of fused-ring (bicyclic) bond motifs is 1. The number of carbonyl (C=O) groups is 3. The first kappa shape index (κ1) is 19.6. The molecule has 0 aliphatic rings. The molecule has 28 heavy (non-hydrogen) atoms. The van der Waals surface area contributed by atoms with E-state index in [1.165, 1.54) is 6.92 Å². The van der Waals surface area contributed by atoms with Gasteiger partial charge in [-0.2, -0.15) is 0 Å². The van der Waals surface area contributed by atoms with Crippen LogP contribution in [0.4, 0.5) is 0 Å². The molecule has 1 amide bonds. The number of H-pyrrole nitrogens is 1. The van der Waals surface area contributed by atoms with E-state index in [1.54, 1.807) is 30.5 Å². The number of ketones is 1. The first-order chi connectivity index (χ1) is 13.5. The van der Waals surface area contributed by atoms with Gasteiger partial charge < -0.3 is 15.0 Å². The maximum absolute atomic E-state index is 12.6. The molecule has 0 radical (unpaired) electrons. The number of benzene rings is 2. The number of amides is 1. The highest BCUT2D eigenvalue weighted by Crippen LogP contribution is 2.20. The van der Waals surface area contributed by atoms with Gasteiger partial charge in [0.25, 0.3) is 5.91 Å². The monoisotopic (exact) mass is 398 g/mol. The Morgan fingerprint density at radius 1 is 1.11 bits per heavy atom. The van der Waals surface area contributed by atoms with Gasteiger partial charge in [0.2, 0.25) is 5.78 Å². The Hall–Kier alpha value is -3.12. The number of Topliss-reactive ketones (excluding diaryl/α,β-unsaturated/α-hetero) is 1. The lowest BCUT2D eigenvalue weighted by Gasteiger charge is -2.12. The minimum atomic E-state index is -0.918. The molecule has 2 aromatic carbocycles. The van der Waals surface area contributed by atoms with E-state index < -0.39 is 12.1 Å². The standard InChI is InChI=1S/C21H19ClN2O4/c1-13(20(26)17-12-24-18-5-3-2-4-16(17)18)28-19(25)10-11-23-21(27)14-6-8-15(22)9-7-14/h2-9,12-13,24H,10-11H2,1H3,(H,23,27)/t13-/m0/s1. The summed E-state index contributed by atoms with van der Waals surface area (Å²) in [5.74, 6) is -1.15. The van der Waals surface area contributed by atoms with Crippen molar-refractivity contribution in [1.82, 2.24) is 10.3 Å². The van der Waals surface area contributed by atoms with Crippen LogP contribution >= 0.6 is 11.6 Å². The summed E-state index contributed by atoms with van der Waals surface area (Å²) in [6.07, 6.45) is 0.660. The summed E-state index contributed by atoms with van der Waals surface area (Å²) >= 11 is 5.78. The van der Waals surface area contributed by atoms with E-state index in [2.05, 4.69) is 10.3 Å². The van der Waals surface area contributed by atoms with Crippen LogP contribution in [0.2, 0.25) is 5.02 Å². The number of nitrogens with one attached hydrogen (secondary N) is 2. The van der Waals surface area contributed by atoms with Crippen LogP contribution in [0.5, 0.6) is 0 Å². The van der Waals surface area contributed by atoms with Crippen molar-refractivity contribution < 1.29 is 19.1 Å². The molecule has 0 fully saturated rings. The fourth-order valence-electron chi connectivity index (χ4n) is 2.79. The zero-order valence-electron chi connectivity index (χ0n) is 15.2. The lowest BCUT2D eigenvalue weighted by Crippen LogP contribution is -2.29. The molecule has 0 aliphatic heterocycles. The van der Waals surface area contributed by atoms with E-state index in [1.807, 2.05) is 24.3 Å². The normalized spacial score (nSPS) is 11.8. The average molecular weight is 399 g/mol. The largest absolute Gasteiger partial charge is 0.454 e. The van der Waals surface area contributed by atoms with E-state index in [4.69, 9.17) is 16.3 Å². The third-order valence-electron chi connectivity index (χ3n) is 4.25. The summed E-state index contributed by atoms with van der Waals surface area (Å²) in [7, 11) is 0. The van der Waals surface area contributed by atoms with E-state index in [9.17, 15) is 14.4 Å². The number of carbonyl (C=O) groups excluding carboxylic acids is 3. The maximum atomic E-state index is 12.6. The summed E-state index contributed by atoms with van der Waals surface area (Å²) in [5, 5.41) is 3.95. The van der Waals surface area contributed by atoms with Crippen molar-refractivity contribution >= 4 is 40.2 Å². The smallest absolute Gasteiger partial charge is 0.308 e. The number of hydrogen-bond acceptors (Lipinski definition) is 4. The number of ether oxygens (including phenoxy) is 1. The highest BCUT2D eigenvalue weighted by Gasteiger charge is 2.22. The molecular formula is C21H19ClN2O4. The van der Waals surface area contributed by atoms with Gasteiger partial charge in [0, 0.05) is 39.8 Å². The Morgan fingerprint density at radius 2 is 1.82 bits per heavy atom. The zero-order valence-corrected chi connectivity index (χ0v) is 16.0. The molecule has 1 atom stereocenters. The molecule has 0 saturated carbocycles. The van der Waals surface area contributed by atoms with Gasteiger partial charge in [-0.25, -0.2) is 0 Å². The topological polar surface area (TPSA) is 88.3 Å². The molecule has 0 saturated heterocycles. The van der Waals surface area contributed by atoms with Gasteiger partial charge >= 0.3 is 5.97 Å². The van der Waals surface area contributed by atoms with Gasteiger partial charge in [0.15, 0.2) is 6.10 Å². The summed E-state index contributed by atoms with van der Waals surface area (Å²) < 4.78 is 5.22. The Kier molecular flexibility index (Phi) is 6.11. The Balaban J connectivity index is 1.49. The van der Waals surface area contributed by atoms with Crippen molar-refractivity contribution in [1.29, 1.82) is 0 Å². The van der Waals surface area contributed by atoms with Gasteiger partial charge in [0.05, 0.1) is 6.42 Å². The predicted molar refractivity (Wildman–Crippen MR) is 107 cm³/mol. The van der Waals surface area contributed by atoms with Gasteiger partial charge in [-0.15, -0.1) is 0 Å². The zero-order chi connectivity index (χ0) is 20.1. The minimum Gasteiger partial charge on any atom is -0.454 e. The minimum absolute atomic E-state index is 0.0369. The molecule has 0 spiro atoms. The highest BCUT2D eigenvalue weighted by atomic mass is 35.5. The van der Waals surface area contributed by atoms with Crippen LogP contribution < -0.4 is 5.32 Å². The van der Waals surface area contributed by atoms with Crippen LogP contribution in [0.15, 0.2) is 54.7 Å². The maximum Gasteiger partial charge on any atom is 0.308 e. The molecule has 1 heterocycles. The Morgan fingerprint density at radius 3 is 2.57 bits per heavy atom. The van der Waals surface area contributed by atoms with Crippen LogP contribution in [0.25, 0.3) is 10.9 Å². The number of aromatic nitrogens is 1. The number of halogens is 1. The van der Waals surface area contributed by atoms with Crippen LogP contribution in [0.1, 0.15) is 34.1 Å². The van der Waals surface area contributed by atoms with Crippen LogP contribution in [-0.4, -0.2) is 35.3 Å². The number of rotatable bonds is 7. The molecule has 6 nitrogen and oxygen atoms in total. The predicted octanol–water partition coefficient (Wildman–Crippen LogP) is 3.76. The second-order valence-electron chi connectivity index (χ2n) is 6.26. The summed E-state index contributed by atoms with van der Waals surface area (Å²) in [5.41, 5.74) is 1.77. The second-order valence-corrected chi connectivity index (χ2v) is 6.69. The van der Waals surface area contributed by atoms with Gasteiger partial charge in [-0.05, 0) is 37.3 Å². The van der Waals surface area contributed by atoms with Crippen LogP contribution in [0, 0.1) is 0 Å². The second kappa shape index (κ2) is 8.71. The summed E-state index contributed by atoms with van der Waals surface area (Å²) in [6, 6.07) is 13.8.